The number of nitrogens with one attached hydrogen (secondary N) is 3. The summed E-state index contributed by atoms with van der Waals surface area (Å²) in [5.41, 5.74) is 10.2. The van der Waals surface area contributed by atoms with E-state index in [0.29, 0.717) is 10.6 Å². The molecule has 10 nitrogen and oxygen atoms in total. The Hall–Kier alpha value is -3.15. The average molecular weight is 496 g/mol. The maximum atomic E-state index is 12.7. The first-order valence-corrected chi connectivity index (χ1v) is 11.9. The number of nitrogens with zero attached hydrogens (tertiary/aromatic N) is 1. The topological polar surface area (TPSA) is 151 Å². The SMILES string of the molecule is CCN(CC)S(=O)(=O)c1cccc(C(=O)NNC(=O)C[C@@H](NC(N)=O)c2ccccc2Cl)c1. The van der Waals surface area contributed by atoms with Crippen LogP contribution in [0.5, 0.6) is 0 Å². The molecule has 2 rings (SSSR count). The van der Waals surface area contributed by atoms with Crippen molar-refractivity contribution in [1.29, 1.82) is 0 Å². The molecule has 2 aromatic carbocycles. The zero-order valence-electron chi connectivity index (χ0n) is 18.2. The predicted octanol–water partition coefficient (Wildman–Crippen LogP) is 1.93. The first kappa shape index (κ1) is 26.1. The van der Waals surface area contributed by atoms with Crippen molar-refractivity contribution in [3.8, 4) is 0 Å². The normalized spacial score (nSPS) is 12.1. The van der Waals surface area contributed by atoms with E-state index in [9.17, 15) is 22.8 Å². The molecule has 4 amide bonds. The van der Waals surface area contributed by atoms with Crippen LogP contribution >= 0.6 is 11.6 Å². The summed E-state index contributed by atoms with van der Waals surface area (Å²) in [4.78, 5) is 36.2. The Bertz CT molecular complexity index is 1120. The molecule has 0 aliphatic rings. The molecule has 5 N–H and O–H groups in total. The third-order valence-electron chi connectivity index (χ3n) is 4.74. The van der Waals surface area contributed by atoms with Gasteiger partial charge in [0.25, 0.3) is 5.91 Å². The Kier molecular flexibility index (Phi) is 9.21. The first-order chi connectivity index (χ1) is 15.6. The number of hydrazine groups is 1. The van der Waals surface area contributed by atoms with E-state index >= 15 is 0 Å². The summed E-state index contributed by atoms with van der Waals surface area (Å²) >= 11 is 6.14. The molecule has 33 heavy (non-hydrogen) atoms. The van der Waals surface area contributed by atoms with Crippen LogP contribution in [0, 0.1) is 0 Å². The number of hydrogen-bond donors (Lipinski definition) is 4. The van der Waals surface area contributed by atoms with E-state index in [2.05, 4.69) is 16.2 Å². The number of urea groups is 1. The van der Waals surface area contributed by atoms with Crippen LogP contribution in [-0.4, -0.2) is 43.7 Å². The highest BCUT2D eigenvalue weighted by Crippen LogP contribution is 2.25. The molecule has 0 radical (unpaired) electrons. The molecule has 12 heteroatoms. The second-order valence-electron chi connectivity index (χ2n) is 6.91. The number of amides is 4. The molecule has 0 heterocycles. The maximum absolute atomic E-state index is 12.7. The molecule has 2 aromatic rings. The number of benzene rings is 2. The monoisotopic (exact) mass is 495 g/mol. The third kappa shape index (κ3) is 6.91. The van der Waals surface area contributed by atoms with Gasteiger partial charge in [0.2, 0.25) is 15.9 Å². The first-order valence-electron chi connectivity index (χ1n) is 10.1. The quantitative estimate of drug-likeness (QED) is 0.392. The number of primary amides is 1. The van der Waals surface area contributed by atoms with Gasteiger partial charge in [-0.25, -0.2) is 13.2 Å². The summed E-state index contributed by atoms with van der Waals surface area (Å²) in [5, 5.41) is 2.78. The summed E-state index contributed by atoms with van der Waals surface area (Å²) in [6, 6.07) is 10.4. The number of rotatable bonds is 9. The van der Waals surface area contributed by atoms with Crippen LogP contribution in [-0.2, 0) is 14.8 Å². The highest BCUT2D eigenvalue weighted by atomic mass is 35.5. The lowest BCUT2D eigenvalue weighted by molar-refractivity contribution is -0.122. The van der Waals surface area contributed by atoms with Crippen LogP contribution in [0.2, 0.25) is 5.02 Å². The molecule has 0 unspecified atom stereocenters. The third-order valence-corrected chi connectivity index (χ3v) is 7.13. The van der Waals surface area contributed by atoms with Crippen molar-refractivity contribution in [2.75, 3.05) is 13.1 Å². The highest BCUT2D eigenvalue weighted by molar-refractivity contribution is 7.89. The van der Waals surface area contributed by atoms with Gasteiger partial charge in [0.15, 0.2) is 0 Å². The van der Waals surface area contributed by atoms with E-state index < -0.39 is 33.9 Å². The van der Waals surface area contributed by atoms with Crippen LogP contribution in [0.25, 0.3) is 0 Å². The van der Waals surface area contributed by atoms with Gasteiger partial charge < -0.3 is 11.1 Å². The predicted molar refractivity (Wildman–Crippen MR) is 124 cm³/mol. The van der Waals surface area contributed by atoms with E-state index in [-0.39, 0.29) is 30.0 Å². The van der Waals surface area contributed by atoms with Crippen LogP contribution in [0.4, 0.5) is 4.79 Å². The molecule has 1 atom stereocenters. The van der Waals surface area contributed by atoms with Gasteiger partial charge in [-0.3, -0.25) is 20.4 Å². The van der Waals surface area contributed by atoms with Gasteiger partial charge in [-0.05, 0) is 29.8 Å². The lowest BCUT2D eigenvalue weighted by atomic mass is 10.0. The Morgan fingerprint density at radius 1 is 1.03 bits per heavy atom. The number of nitrogens with two attached hydrogens (primary N) is 1. The summed E-state index contributed by atoms with van der Waals surface area (Å²) in [7, 11) is -3.75. The van der Waals surface area contributed by atoms with Crippen molar-refractivity contribution in [1.82, 2.24) is 20.5 Å². The van der Waals surface area contributed by atoms with E-state index in [1.165, 1.54) is 28.6 Å². The molecule has 0 fully saturated rings. The largest absolute Gasteiger partial charge is 0.352 e. The molecular formula is C21H26ClN5O5S. The Labute approximate surface area is 197 Å². The standard InChI is InChI=1S/C21H26ClN5O5S/c1-3-27(4-2)33(31,32)15-9-7-8-14(12-15)20(29)26-25-19(28)13-18(24-21(23)30)16-10-5-6-11-17(16)22/h5-12,18H,3-4,13H2,1-2H3,(H,25,28)(H,26,29)(H3,23,24,30)/t18-/m1/s1. The van der Waals surface area contributed by atoms with E-state index in [1.54, 1.807) is 38.1 Å². The molecule has 178 valence electrons. The van der Waals surface area contributed by atoms with Crippen LogP contribution in [0.3, 0.4) is 0 Å². The summed E-state index contributed by atoms with van der Waals surface area (Å²) in [6.45, 7) is 4.01. The van der Waals surface area contributed by atoms with E-state index in [1.807, 2.05) is 0 Å². The molecule has 0 aliphatic carbocycles. The second kappa shape index (κ2) is 11.6. The minimum Gasteiger partial charge on any atom is -0.352 e. The van der Waals surface area contributed by atoms with E-state index in [4.69, 9.17) is 17.3 Å². The Morgan fingerprint density at radius 2 is 1.70 bits per heavy atom. The maximum Gasteiger partial charge on any atom is 0.312 e. The van der Waals surface area contributed by atoms with Crippen molar-refractivity contribution in [3.63, 3.8) is 0 Å². The van der Waals surface area contributed by atoms with Crippen LogP contribution < -0.4 is 21.9 Å². The Balaban J connectivity index is 2.09. The van der Waals surface area contributed by atoms with Gasteiger partial charge in [-0.1, -0.05) is 49.7 Å². The molecule has 0 bridgehead atoms. The van der Waals surface area contributed by atoms with Crippen molar-refractivity contribution in [3.05, 3.63) is 64.7 Å². The number of carbonyl (C=O) groups excluding carboxylic acids is 3. The molecule has 0 aliphatic heterocycles. The van der Waals surface area contributed by atoms with Crippen molar-refractivity contribution in [2.24, 2.45) is 5.73 Å². The molecular weight excluding hydrogens is 470 g/mol. The smallest absolute Gasteiger partial charge is 0.312 e. The average Bonchev–Trinajstić information content (AvgIpc) is 2.77. The van der Waals surface area contributed by atoms with Crippen LogP contribution in [0.15, 0.2) is 53.4 Å². The van der Waals surface area contributed by atoms with Gasteiger partial charge in [-0.2, -0.15) is 4.31 Å². The van der Waals surface area contributed by atoms with Gasteiger partial charge in [0.1, 0.15) is 0 Å². The number of carbonyl (C=O) groups is 3. The van der Waals surface area contributed by atoms with Gasteiger partial charge in [0, 0.05) is 23.7 Å². The Morgan fingerprint density at radius 3 is 2.30 bits per heavy atom. The zero-order chi connectivity index (χ0) is 24.6. The number of hydrogen-bond acceptors (Lipinski definition) is 5. The minimum atomic E-state index is -3.75. The molecule has 0 spiro atoms. The lowest BCUT2D eigenvalue weighted by Gasteiger charge is -2.19. The highest BCUT2D eigenvalue weighted by Gasteiger charge is 2.23. The fraction of sp³-hybridized carbons (Fsp3) is 0.286. The molecule has 0 saturated heterocycles. The number of halogens is 1. The van der Waals surface area contributed by atoms with Gasteiger partial charge in [-0.15, -0.1) is 0 Å². The lowest BCUT2D eigenvalue weighted by Crippen LogP contribution is -2.44. The van der Waals surface area contributed by atoms with Crippen molar-refractivity contribution >= 4 is 39.5 Å². The van der Waals surface area contributed by atoms with Crippen molar-refractivity contribution in [2.45, 2.75) is 31.2 Å². The second-order valence-corrected chi connectivity index (χ2v) is 9.25. The van der Waals surface area contributed by atoms with Crippen LogP contribution in [0.1, 0.15) is 42.2 Å². The van der Waals surface area contributed by atoms with Gasteiger partial charge in [0.05, 0.1) is 17.4 Å². The zero-order valence-corrected chi connectivity index (χ0v) is 19.7. The number of sulfonamides is 1. The summed E-state index contributed by atoms with van der Waals surface area (Å²) < 4.78 is 26.6. The summed E-state index contributed by atoms with van der Waals surface area (Å²) in [6.07, 6.45) is -0.261. The molecule has 0 saturated carbocycles. The fourth-order valence-electron chi connectivity index (χ4n) is 3.11. The summed E-state index contributed by atoms with van der Waals surface area (Å²) in [5.74, 6) is -1.34. The van der Waals surface area contributed by atoms with Gasteiger partial charge >= 0.3 is 6.03 Å². The van der Waals surface area contributed by atoms with E-state index in [0.717, 1.165) is 0 Å². The minimum absolute atomic E-state index is 0.0328. The fourth-order valence-corrected chi connectivity index (χ4v) is 4.89. The molecule has 0 aromatic heterocycles. The van der Waals surface area contributed by atoms with Crippen molar-refractivity contribution < 1.29 is 22.8 Å².